The molecule has 1 amide bonds. The average Bonchev–Trinajstić information content (AvgIpc) is 2.66. The number of carbonyl (C=O) groups is 2. The highest BCUT2D eigenvalue weighted by Crippen LogP contribution is 2.20. The Balaban J connectivity index is 2.89. The van der Waals surface area contributed by atoms with Crippen molar-refractivity contribution in [1.29, 1.82) is 0 Å². The third kappa shape index (κ3) is 4.53. The van der Waals surface area contributed by atoms with Crippen LogP contribution in [0, 0.1) is 5.41 Å². The van der Waals surface area contributed by atoms with Crippen molar-refractivity contribution >= 4 is 23.8 Å². The van der Waals surface area contributed by atoms with Crippen molar-refractivity contribution < 1.29 is 14.3 Å². The van der Waals surface area contributed by atoms with Gasteiger partial charge in [-0.2, -0.15) is 5.10 Å². The lowest BCUT2D eigenvalue weighted by atomic mass is 9.96. The third-order valence-corrected chi connectivity index (χ3v) is 2.46. The van der Waals surface area contributed by atoms with Gasteiger partial charge in [-0.3, -0.25) is 9.48 Å². The topological polar surface area (TPSA) is 73.2 Å². The van der Waals surface area contributed by atoms with E-state index >= 15 is 0 Å². The van der Waals surface area contributed by atoms with Gasteiger partial charge in [0.2, 0.25) is 5.91 Å². The molecule has 0 aliphatic heterocycles. The zero-order valence-electron chi connectivity index (χ0n) is 12.6. The van der Waals surface area contributed by atoms with Gasteiger partial charge in [-0.05, 0) is 13.0 Å². The number of amides is 1. The Kier molecular flexibility index (Phi) is 5.07. The molecular formula is C14H21N3O3. The average molecular weight is 279 g/mol. The highest BCUT2D eigenvalue weighted by Gasteiger charge is 2.22. The number of hydrogen-bond donors (Lipinski definition) is 1. The summed E-state index contributed by atoms with van der Waals surface area (Å²) < 4.78 is 6.38. The van der Waals surface area contributed by atoms with Gasteiger partial charge in [-0.25, -0.2) is 4.79 Å². The second-order valence-electron chi connectivity index (χ2n) is 5.40. The van der Waals surface area contributed by atoms with Crippen LogP contribution in [0.15, 0.2) is 12.3 Å². The molecule has 0 fully saturated rings. The highest BCUT2D eigenvalue weighted by atomic mass is 16.5. The molecule has 1 aromatic rings. The van der Waals surface area contributed by atoms with E-state index in [0.29, 0.717) is 18.0 Å². The van der Waals surface area contributed by atoms with E-state index < -0.39 is 11.4 Å². The van der Waals surface area contributed by atoms with Gasteiger partial charge < -0.3 is 10.1 Å². The number of aromatic nitrogens is 2. The van der Waals surface area contributed by atoms with Crippen molar-refractivity contribution in [2.45, 2.75) is 27.7 Å². The van der Waals surface area contributed by atoms with Crippen LogP contribution in [0.5, 0.6) is 0 Å². The quantitative estimate of drug-likeness (QED) is 0.675. The summed E-state index contributed by atoms with van der Waals surface area (Å²) in [5, 5.41) is 6.92. The summed E-state index contributed by atoms with van der Waals surface area (Å²) in [6.45, 7) is 7.52. The molecule has 110 valence electrons. The number of anilines is 1. The molecule has 0 saturated heterocycles. The number of nitrogens with zero attached hydrogens (tertiary/aromatic N) is 2. The fourth-order valence-electron chi connectivity index (χ4n) is 1.37. The van der Waals surface area contributed by atoms with E-state index in [0.717, 1.165) is 0 Å². The lowest BCUT2D eigenvalue weighted by Gasteiger charge is -2.16. The fourth-order valence-corrected chi connectivity index (χ4v) is 1.37. The number of carbonyl (C=O) groups excluding carboxylic acids is 2. The Labute approximate surface area is 118 Å². The Bertz CT molecular complexity index is 524. The van der Waals surface area contributed by atoms with E-state index in [-0.39, 0.29) is 5.91 Å². The number of hydrogen-bond acceptors (Lipinski definition) is 4. The first-order valence-corrected chi connectivity index (χ1v) is 6.44. The summed E-state index contributed by atoms with van der Waals surface area (Å²) >= 11 is 0. The minimum atomic E-state index is -0.514. The maximum absolute atomic E-state index is 12.0. The van der Waals surface area contributed by atoms with Crippen LogP contribution >= 0.6 is 0 Å². The van der Waals surface area contributed by atoms with Crippen LogP contribution in [0.25, 0.3) is 6.08 Å². The Morgan fingerprint density at radius 2 is 2.10 bits per heavy atom. The fraction of sp³-hybridized carbons (Fsp3) is 0.500. The molecule has 1 heterocycles. The molecule has 0 saturated carbocycles. The zero-order valence-corrected chi connectivity index (χ0v) is 12.6. The summed E-state index contributed by atoms with van der Waals surface area (Å²) in [6, 6.07) is 0. The van der Waals surface area contributed by atoms with Gasteiger partial charge in [0.15, 0.2) is 5.82 Å². The van der Waals surface area contributed by atoms with Crippen LogP contribution < -0.4 is 5.32 Å². The Hall–Kier alpha value is -2.11. The lowest BCUT2D eigenvalue weighted by Crippen LogP contribution is -2.28. The van der Waals surface area contributed by atoms with Crippen molar-refractivity contribution in [3.63, 3.8) is 0 Å². The van der Waals surface area contributed by atoms with Crippen LogP contribution in [-0.4, -0.2) is 28.3 Å². The Morgan fingerprint density at radius 3 is 2.65 bits per heavy atom. The van der Waals surface area contributed by atoms with E-state index in [9.17, 15) is 9.59 Å². The Morgan fingerprint density at radius 1 is 1.45 bits per heavy atom. The van der Waals surface area contributed by atoms with Gasteiger partial charge in [0.05, 0.1) is 6.61 Å². The second-order valence-corrected chi connectivity index (χ2v) is 5.40. The molecule has 0 bridgehead atoms. The van der Waals surface area contributed by atoms with Gasteiger partial charge in [0.1, 0.15) is 0 Å². The summed E-state index contributed by atoms with van der Waals surface area (Å²) in [7, 11) is 1.74. The minimum absolute atomic E-state index is 0.137. The van der Waals surface area contributed by atoms with E-state index in [1.54, 1.807) is 30.9 Å². The third-order valence-electron chi connectivity index (χ3n) is 2.46. The summed E-state index contributed by atoms with van der Waals surface area (Å²) in [5.41, 5.74) is 0.137. The highest BCUT2D eigenvalue weighted by molar-refractivity contribution is 5.96. The molecule has 0 radical (unpaired) electrons. The first-order chi connectivity index (χ1) is 9.24. The minimum Gasteiger partial charge on any atom is -0.463 e. The van der Waals surface area contributed by atoms with Crippen LogP contribution in [0.4, 0.5) is 5.82 Å². The molecule has 0 atom stereocenters. The molecule has 0 aliphatic carbocycles. The maximum Gasteiger partial charge on any atom is 0.330 e. The number of esters is 1. The summed E-state index contributed by atoms with van der Waals surface area (Å²) in [4.78, 5) is 23.3. The molecular weight excluding hydrogens is 258 g/mol. The van der Waals surface area contributed by atoms with Crippen molar-refractivity contribution in [2.24, 2.45) is 12.5 Å². The largest absolute Gasteiger partial charge is 0.463 e. The number of aryl methyl sites for hydroxylation is 1. The van der Waals surface area contributed by atoms with Crippen LogP contribution in [0.1, 0.15) is 33.3 Å². The van der Waals surface area contributed by atoms with Crippen molar-refractivity contribution in [1.82, 2.24) is 9.78 Å². The molecule has 1 rings (SSSR count). The predicted octanol–water partition coefficient (Wildman–Crippen LogP) is 1.98. The molecule has 0 aliphatic rings. The van der Waals surface area contributed by atoms with Gasteiger partial charge in [-0.1, -0.05) is 20.8 Å². The molecule has 0 aromatic carbocycles. The molecule has 1 N–H and O–H groups in total. The van der Waals surface area contributed by atoms with E-state index in [1.165, 1.54) is 6.08 Å². The van der Waals surface area contributed by atoms with Gasteiger partial charge >= 0.3 is 5.97 Å². The summed E-state index contributed by atoms with van der Waals surface area (Å²) in [6.07, 6.45) is 4.60. The van der Waals surface area contributed by atoms with Gasteiger partial charge in [0.25, 0.3) is 0 Å². The number of ether oxygens (including phenoxy) is 1. The van der Waals surface area contributed by atoms with Crippen molar-refractivity contribution in [2.75, 3.05) is 11.9 Å². The zero-order chi connectivity index (χ0) is 15.3. The van der Waals surface area contributed by atoms with E-state index in [4.69, 9.17) is 4.74 Å². The SMILES string of the molecule is CCOC(=O)/C=C/c1cn(C)nc1NC(=O)C(C)(C)C. The summed E-state index contributed by atoms with van der Waals surface area (Å²) in [5.74, 6) is -0.139. The first-order valence-electron chi connectivity index (χ1n) is 6.44. The first kappa shape index (κ1) is 15.9. The van der Waals surface area contributed by atoms with Crippen molar-refractivity contribution in [3.8, 4) is 0 Å². The van der Waals surface area contributed by atoms with Crippen LogP contribution in [0.3, 0.4) is 0 Å². The van der Waals surface area contributed by atoms with Crippen molar-refractivity contribution in [3.05, 3.63) is 17.8 Å². The maximum atomic E-state index is 12.0. The van der Waals surface area contributed by atoms with E-state index in [2.05, 4.69) is 10.4 Å². The molecule has 0 unspecified atom stereocenters. The molecule has 20 heavy (non-hydrogen) atoms. The normalized spacial score (nSPS) is 11.7. The standard InChI is InChI=1S/C14H21N3O3/c1-6-20-11(18)8-7-10-9-17(5)16-12(10)15-13(19)14(2,3)4/h7-9H,6H2,1-5H3,(H,15,16,19)/b8-7+. The molecule has 1 aromatic heterocycles. The van der Waals surface area contributed by atoms with E-state index in [1.807, 2.05) is 20.8 Å². The lowest BCUT2D eigenvalue weighted by molar-refractivity contribution is -0.137. The number of rotatable bonds is 4. The van der Waals surface area contributed by atoms with Gasteiger partial charge in [-0.15, -0.1) is 0 Å². The van der Waals surface area contributed by atoms with Crippen LogP contribution in [-0.2, 0) is 21.4 Å². The predicted molar refractivity (Wildman–Crippen MR) is 77.0 cm³/mol. The van der Waals surface area contributed by atoms with Crippen LogP contribution in [0.2, 0.25) is 0 Å². The molecule has 0 spiro atoms. The smallest absolute Gasteiger partial charge is 0.330 e. The monoisotopic (exact) mass is 279 g/mol. The van der Waals surface area contributed by atoms with Gasteiger partial charge in [0, 0.05) is 30.3 Å². The second kappa shape index (κ2) is 6.36. The number of nitrogens with one attached hydrogen (secondary N) is 1. The molecule has 6 heteroatoms. The molecule has 6 nitrogen and oxygen atoms in total.